The van der Waals surface area contributed by atoms with Crippen molar-refractivity contribution in [2.45, 2.75) is 43.6 Å². The van der Waals surface area contributed by atoms with Crippen molar-refractivity contribution in [3.8, 4) is 0 Å². The Balaban J connectivity index is 1.79. The van der Waals surface area contributed by atoms with Gasteiger partial charge in [0.05, 0.1) is 11.0 Å². The quantitative estimate of drug-likeness (QED) is 0.598. The van der Waals surface area contributed by atoms with Crippen molar-refractivity contribution in [2.24, 2.45) is 0 Å². The maximum Gasteiger partial charge on any atom is 0.269 e. The van der Waals surface area contributed by atoms with Gasteiger partial charge < -0.3 is 10.4 Å². The van der Waals surface area contributed by atoms with Crippen LogP contribution in [0.3, 0.4) is 0 Å². The first-order chi connectivity index (χ1) is 10.1. The Kier molecular flexibility index (Phi) is 6.02. The number of aliphatic hydroxyl groups excluding tert-OH is 1. The fourth-order valence-corrected chi connectivity index (χ4v) is 3.87. The molecule has 0 aliphatic heterocycles. The standard InChI is InChI=1S/C15H22N2O3S/c1-2-21-14-8-5-12(9-14)16-10-15(18)11-3-6-13(7-4-11)17(19)20/h3-4,6-7,12,14-16,18H,2,5,8-10H2,1H3. The van der Waals surface area contributed by atoms with Crippen molar-refractivity contribution < 1.29 is 10.0 Å². The zero-order valence-electron chi connectivity index (χ0n) is 12.2. The van der Waals surface area contributed by atoms with Crippen molar-refractivity contribution in [2.75, 3.05) is 12.3 Å². The van der Waals surface area contributed by atoms with E-state index < -0.39 is 11.0 Å². The van der Waals surface area contributed by atoms with E-state index in [-0.39, 0.29) is 5.69 Å². The molecule has 3 atom stereocenters. The minimum absolute atomic E-state index is 0.0501. The van der Waals surface area contributed by atoms with Crippen LogP contribution in [-0.4, -0.2) is 33.6 Å². The molecule has 1 aliphatic carbocycles. The van der Waals surface area contributed by atoms with Gasteiger partial charge in [-0.25, -0.2) is 0 Å². The van der Waals surface area contributed by atoms with Crippen LogP contribution in [0.2, 0.25) is 0 Å². The van der Waals surface area contributed by atoms with Crippen LogP contribution < -0.4 is 5.32 Å². The monoisotopic (exact) mass is 310 g/mol. The molecular formula is C15H22N2O3S. The predicted octanol–water partition coefficient (Wildman–Crippen LogP) is 2.89. The number of aliphatic hydroxyl groups is 1. The lowest BCUT2D eigenvalue weighted by Crippen LogP contribution is -2.31. The van der Waals surface area contributed by atoms with E-state index in [1.807, 2.05) is 11.8 Å². The SMILES string of the molecule is CCSC1CCC(NCC(O)c2ccc([N+](=O)[O-])cc2)C1. The molecule has 0 amide bonds. The van der Waals surface area contributed by atoms with E-state index in [1.54, 1.807) is 12.1 Å². The summed E-state index contributed by atoms with van der Waals surface area (Å²) in [5.74, 6) is 1.16. The highest BCUT2D eigenvalue weighted by molar-refractivity contribution is 7.99. The molecule has 2 rings (SSSR count). The van der Waals surface area contributed by atoms with Crippen LogP contribution >= 0.6 is 11.8 Å². The fourth-order valence-electron chi connectivity index (χ4n) is 2.73. The van der Waals surface area contributed by atoms with Gasteiger partial charge in [-0.15, -0.1) is 0 Å². The van der Waals surface area contributed by atoms with Gasteiger partial charge in [0, 0.05) is 30.0 Å². The van der Waals surface area contributed by atoms with Crippen LogP contribution in [0.25, 0.3) is 0 Å². The Bertz CT molecular complexity index is 466. The second kappa shape index (κ2) is 7.77. The van der Waals surface area contributed by atoms with Crippen molar-refractivity contribution in [3.63, 3.8) is 0 Å². The predicted molar refractivity (Wildman–Crippen MR) is 85.6 cm³/mol. The van der Waals surface area contributed by atoms with E-state index in [1.165, 1.54) is 18.6 Å². The van der Waals surface area contributed by atoms with E-state index in [0.717, 1.165) is 23.8 Å². The second-order valence-corrected chi connectivity index (χ2v) is 6.94. The Labute approximate surface area is 129 Å². The normalized spacial score (nSPS) is 23.1. The summed E-state index contributed by atoms with van der Waals surface area (Å²) in [6.07, 6.45) is 2.93. The molecule has 3 unspecified atom stereocenters. The van der Waals surface area contributed by atoms with Crippen LogP contribution in [-0.2, 0) is 0 Å². The van der Waals surface area contributed by atoms with E-state index in [2.05, 4.69) is 12.2 Å². The molecule has 1 fully saturated rings. The number of nitro groups is 1. The molecule has 1 aromatic rings. The molecule has 0 aromatic heterocycles. The average Bonchev–Trinajstić information content (AvgIpc) is 2.93. The molecule has 0 radical (unpaired) electrons. The molecule has 116 valence electrons. The van der Waals surface area contributed by atoms with Gasteiger partial charge in [0.1, 0.15) is 0 Å². The summed E-state index contributed by atoms with van der Waals surface area (Å²) in [5, 5.41) is 24.9. The molecule has 0 bridgehead atoms. The number of rotatable bonds is 7. The summed E-state index contributed by atoms with van der Waals surface area (Å²) in [6, 6.07) is 6.58. The highest BCUT2D eigenvalue weighted by Crippen LogP contribution is 2.30. The van der Waals surface area contributed by atoms with Crippen LogP contribution in [0, 0.1) is 10.1 Å². The summed E-state index contributed by atoms with van der Waals surface area (Å²) >= 11 is 2.01. The van der Waals surface area contributed by atoms with Crippen LogP contribution in [0.5, 0.6) is 0 Å². The number of nitro benzene ring substituents is 1. The second-order valence-electron chi connectivity index (χ2n) is 5.36. The number of nitrogens with one attached hydrogen (secondary N) is 1. The number of benzene rings is 1. The minimum atomic E-state index is -0.622. The van der Waals surface area contributed by atoms with E-state index >= 15 is 0 Å². The van der Waals surface area contributed by atoms with Gasteiger partial charge >= 0.3 is 0 Å². The Hall–Kier alpha value is -1.11. The first-order valence-electron chi connectivity index (χ1n) is 7.37. The first-order valence-corrected chi connectivity index (χ1v) is 8.42. The van der Waals surface area contributed by atoms with Crippen LogP contribution in [0.4, 0.5) is 5.69 Å². The zero-order valence-corrected chi connectivity index (χ0v) is 13.0. The number of hydrogen-bond donors (Lipinski definition) is 2. The number of nitrogens with zero attached hydrogens (tertiary/aromatic N) is 1. The van der Waals surface area contributed by atoms with E-state index in [0.29, 0.717) is 18.2 Å². The molecule has 5 nitrogen and oxygen atoms in total. The highest BCUT2D eigenvalue weighted by Gasteiger charge is 2.24. The summed E-state index contributed by atoms with van der Waals surface area (Å²) < 4.78 is 0. The largest absolute Gasteiger partial charge is 0.387 e. The molecule has 6 heteroatoms. The summed E-state index contributed by atoms with van der Waals surface area (Å²) in [7, 11) is 0. The Morgan fingerprint density at radius 2 is 2.14 bits per heavy atom. The maximum absolute atomic E-state index is 10.6. The summed E-state index contributed by atoms with van der Waals surface area (Å²) in [4.78, 5) is 10.2. The van der Waals surface area contributed by atoms with Crippen molar-refractivity contribution in [1.29, 1.82) is 0 Å². The number of non-ortho nitro benzene ring substituents is 1. The number of thioether (sulfide) groups is 1. The molecule has 0 spiro atoms. The lowest BCUT2D eigenvalue weighted by Gasteiger charge is -2.17. The maximum atomic E-state index is 10.6. The lowest BCUT2D eigenvalue weighted by molar-refractivity contribution is -0.384. The molecule has 0 saturated heterocycles. The van der Waals surface area contributed by atoms with Gasteiger partial charge in [0.25, 0.3) is 5.69 Å². The third kappa shape index (κ3) is 4.69. The molecule has 0 heterocycles. The zero-order chi connectivity index (χ0) is 15.2. The topological polar surface area (TPSA) is 75.4 Å². The molecule has 2 N–H and O–H groups in total. The first kappa shape index (κ1) is 16.3. The molecular weight excluding hydrogens is 288 g/mol. The molecule has 21 heavy (non-hydrogen) atoms. The van der Waals surface area contributed by atoms with Gasteiger partial charge in [0.15, 0.2) is 0 Å². The smallest absolute Gasteiger partial charge is 0.269 e. The van der Waals surface area contributed by atoms with Gasteiger partial charge in [-0.3, -0.25) is 10.1 Å². The van der Waals surface area contributed by atoms with Crippen molar-refractivity contribution in [3.05, 3.63) is 39.9 Å². The van der Waals surface area contributed by atoms with Crippen molar-refractivity contribution in [1.82, 2.24) is 5.32 Å². The van der Waals surface area contributed by atoms with Gasteiger partial charge in [-0.05, 0) is 42.7 Å². The van der Waals surface area contributed by atoms with Crippen molar-refractivity contribution >= 4 is 17.4 Å². The third-order valence-electron chi connectivity index (χ3n) is 3.88. The molecule has 1 saturated carbocycles. The fraction of sp³-hybridized carbons (Fsp3) is 0.600. The van der Waals surface area contributed by atoms with E-state index in [9.17, 15) is 15.2 Å². The molecule has 1 aliphatic rings. The van der Waals surface area contributed by atoms with Gasteiger partial charge in [-0.1, -0.05) is 6.92 Å². The van der Waals surface area contributed by atoms with Gasteiger partial charge in [-0.2, -0.15) is 11.8 Å². The Morgan fingerprint density at radius 3 is 2.76 bits per heavy atom. The Morgan fingerprint density at radius 1 is 1.43 bits per heavy atom. The molecule has 1 aromatic carbocycles. The summed E-state index contributed by atoms with van der Waals surface area (Å²) in [5.41, 5.74) is 0.764. The average molecular weight is 310 g/mol. The third-order valence-corrected chi connectivity index (χ3v) is 5.11. The van der Waals surface area contributed by atoms with Gasteiger partial charge in [0.2, 0.25) is 0 Å². The summed E-state index contributed by atoms with van der Waals surface area (Å²) in [6.45, 7) is 2.68. The lowest BCUT2D eigenvalue weighted by atomic mass is 10.1. The van der Waals surface area contributed by atoms with Crippen LogP contribution in [0.15, 0.2) is 24.3 Å². The van der Waals surface area contributed by atoms with Crippen LogP contribution in [0.1, 0.15) is 37.9 Å². The number of hydrogen-bond acceptors (Lipinski definition) is 5. The van der Waals surface area contributed by atoms with E-state index in [4.69, 9.17) is 0 Å². The highest BCUT2D eigenvalue weighted by atomic mass is 32.2. The minimum Gasteiger partial charge on any atom is -0.387 e.